The molecule has 1 atom stereocenters. The number of halogens is 7. The van der Waals surface area contributed by atoms with E-state index in [0.717, 1.165) is 16.2 Å². The Kier molecular flexibility index (Phi) is 5.45. The van der Waals surface area contributed by atoms with E-state index in [4.69, 9.17) is 16.3 Å². The second kappa shape index (κ2) is 7.63. The molecule has 0 saturated carbocycles. The Labute approximate surface area is 185 Å². The highest BCUT2D eigenvalue weighted by Gasteiger charge is 2.48. The zero-order chi connectivity index (χ0) is 23.6. The SMILES string of the molecule is CC1OCc2sc(NC(=O)c3c(C(F)(F)F)ccc(Cl)c3F)c(C(=O)N3CC(F)(F)C3)c21. The predicted octanol–water partition coefficient (Wildman–Crippen LogP) is 5.49. The van der Waals surface area contributed by atoms with E-state index < -0.39 is 65.1 Å². The molecule has 1 fully saturated rings. The fourth-order valence-corrected chi connectivity index (χ4v) is 4.95. The van der Waals surface area contributed by atoms with Crippen molar-refractivity contribution in [2.24, 2.45) is 0 Å². The number of hydrogen-bond donors (Lipinski definition) is 1. The van der Waals surface area contributed by atoms with Gasteiger partial charge in [-0.15, -0.1) is 11.3 Å². The van der Waals surface area contributed by atoms with Crippen LogP contribution in [0.3, 0.4) is 0 Å². The number of carbonyl (C=O) groups excluding carboxylic acids is 2. The maximum Gasteiger partial charge on any atom is 0.417 e. The fraction of sp³-hybridized carbons (Fsp3) is 0.368. The van der Waals surface area contributed by atoms with E-state index in [-0.39, 0.29) is 17.2 Å². The summed E-state index contributed by atoms with van der Waals surface area (Å²) in [6, 6.07) is 1.15. The zero-order valence-corrected chi connectivity index (χ0v) is 17.7. The Balaban J connectivity index is 1.74. The van der Waals surface area contributed by atoms with Crippen molar-refractivity contribution in [1.29, 1.82) is 0 Å². The van der Waals surface area contributed by atoms with Crippen molar-refractivity contribution in [3.63, 3.8) is 0 Å². The molecule has 1 aromatic carbocycles. The summed E-state index contributed by atoms with van der Waals surface area (Å²) in [6.07, 6.45) is -5.67. The van der Waals surface area contributed by atoms with Crippen LogP contribution in [0.4, 0.5) is 31.3 Å². The van der Waals surface area contributed by atoms with Crippen molar-refractivity contribution in [3.05, 3.63) is 50.1 Å². The number of thiophene rings is 1. The lowest BCUT2D eigenvalue weighted by Crippen LogP contribution is -2.58. The monoisotopic (exact) mass is 498 g/mol. The summed E-state index contributed by atoms with van der Waals surface area (Å²) in [5, 5.41) is 1.28. The normalized spacial score (nSPS) is 19.5. The second-order valence-electron chi connectivity index (χ2n) is 7.35. The van der Waals surface area contributed by atoms with Crippen molar-refractivity contribution in [3.8, 4) is 0 Å². The van der Waals surface area contributed by atoms with Crippen LogP contribution in [-0.2, 0) is 17.5 Å². The third kappa shape index (κ3) is 3.84. The number of ether oxygens (including phenoxy) is 1. The maximum absolute atomic E-state index is 14.4. The molecule has 0 spiro atoms. The van der Waals surface area contributed by atoms with Gasteiger partial charge in [-0.25, -0.2) is 13.2 Å². The topological polar surface area (TPSA) is 58.6 Å². The highest BCUT2D eigenvalue weighted by molar-refractivity contribution is 7.17. The van der Waals surface area contributed by atoms with Crippen molar-refractivity contribution in [2.45, 2.75) is 31.7 Å². The van der Waals surface area contributed by atoms with Gasteiger partial charge in [-0.3, -0.25) is 9.59 Å². The lowest BCUT2D eigenvalue weighted by Gasteiger charge is -2.38. The number of nitrogens with zero attached hydrogens (tertiary/aromatic N) is 1. The first-order valence-corrected chi connectivity index (χ1v) is 10.3. The van der Waals surface area contributed by atoms with Crippen molar-refractivity contribution < 1.29 is 40.7 Å². The van der Waals surface area contributed by atoms with E-state index in [1.165, 1.54) is 0 Å². The third-order valence-corrected chi connectivity index (χ3v) is 6.48. The third-order valence-electron chi connectivity index (χ3n) is 5.09. The smallest absolute Gasteiger partial charge is 0.368 e. The first kappa shape index (κ1) is 22.9. The van der Waals surface area contributed by atoms with Crippen LogP contribution in [0.15, 0.2) is 12.1 Å². The van der Waals surface area contributed by atoms with Crippen LogP contribution >= 0.6 is 22.9 Å². The van der Waals surface area contributed by atoms with Gasteiger partial charge >= 0.3 is 6.18 Å². The van der Waals surface area contributed by atoms with Gasteiger partial charge in [0, 0.05) is 10.4 Å². The number of rotatable bonds is 3. The lowest BCUT2D eigenvalue weighted by molar-refractivity contribution is -0.138. The van der Waals surface area contributed by atoms with Crippen LogP contribution in [0.1, 0.15) is 49.7 Å². The Morgan fingerprint density at radius 1 is 1.25 bits per heavy atom. The fourth-order valence-electron chi connectivity index (χ4n) is 3.60. The molecular formula is C19H13ClF6N2O3S. The number of fused-ring (bicyclic) bond motifs is 1. The van der Waals surface area contributed by atoms with E-state index in [0.29, 0.717) is 22.6 Å². The average Bonchev–Trinajstić information content (AvgIpc) is 3.19. The summed E-state index contributed by atoms with van der Waals surface area (Å²) < 4.78 is 86.4. The van der Waals surface area contributed by atoms with Gasteiger partial charge in [0.15, 0.2) is 5.82 Å². The Hall–Kier alpha value is -2.31. The molecule has 1 unspecified atom stereocenters. The molecule has 1 saturated heterocycles. The van der Waals surface area contributed by atoms with Crippen LogP contribution in [0.5, 0.6) is 0 Å². The first-order chi connectivity index (χ1) is 14.8. The predicted molar refractivity (Wildman–Crippen MR) is 103 cm³/mol. The standard InChI is InChI=1S/C19H13ClF6N2O3S/c1-7-11-10(4-31-7)32-16(13(11)17(30)28-5-18(22,23)6-28)27-15(29)12-8(19(24,25)26)2-3-9(20)14(12)21/h2-3,7H,4-6H2,1H3,(H,27,29). The van der Waals surface area contributed by atoms with Crippen molar-refractivity contribution in [2.75, 3.05) is 18.4 Å². The van der Waals surface area contributed by atoms with E-state index in [1.54, 1.807) is 6.92 Å². The van der Waals surface area contributed by atoms with Gasteiger partial charge < -0.3 is 15.0 Å². The minimum atomic E-state index is -5.06. The number of amides is 2. The summed E-state index contributed by atoms with van der Waals surface area (Å²) in [5.41, 5.74) is -2.69. The van der Waals surface area contributed by atoms with Crippen LogP contribution in [0, 0.1) is 5.82 Å². The molecule has 1 aromatic heterocycles. The molecule has 4 rings (SSSR count). The highest BCUT2D eigenvalue weighted by Crippen LogP contribution is 2.45. The second-order valence-corrected chi connectivity index (χ2v) is 8.86. The van der Waals surface area contributed by atoms with Gasteiger partial charge in [-0.05, 0) is 19.1 Å². The molecule has 3 heterocycles. The number of anilines is 1. The quantitative estimate of drug-likeness (QED) is 0.569. The van der Waals surface area contributed by atoms with E-state index >= 15 is 0 Å². The Bertz CT molecular complexity index is 1130. The molecule has 0 radical (unpaired) electrons. The molecular weight excluding hydrogens is 486 g/mol. The Morgan fingerprint density at radius 3 is 2.50 bits per heavy atom. The zero-order valence-electron chi connectivity index (χ0n) is 16.1. The molecule has 13 heteroatoms. The van der Waals surface area contributed by atoms with Gasteiger partial charge in [0.25, 0.3) is 17.7 Å². The van der Waals surface area contributed by atoms with E-state index in [1.807, 2.05) is 0 Å². The van der Waals surface area contributed by atoms with Crippen LogP contribution in [0.2, 0.25) is 5.02 Å². The molecule has 5 nitrogen and oxygen atoms in total. The summed E-state index contributed by atoms with van der Waals surface area (Å²) in [5.74, 6) is -6.93. The van der Waals surface area contributed by atoms with Crippen molar-refractivity contribution >= 4 is 39.8 Å². The molecule has 1 N–H and O–H groups in total. The molecule has 2 amide bonds. The van der Waals surface area contributed by atoms with E-state index in [2.05, 4.69) is 5.32 Å². The molecule has 0 aliphatic carbocycles. The van der Waals surface area contributed by atoms with Crippen LogP contribution < -0.4 is 5.32 Å². The lowest BCUT2D eigenvalue weighted by atomic mass is 10.0. The van der Waals surface area contributed by atoms with Crippen molar-refractivity contribution in [1.82, 2.24) is 4.90 Å². The number of nitrogens with one attached hydrogen (secondary N) is 1. The van der Waals surface area contributed by atoms with E-state index in [9.17, 15) is 35.9 Å². The first-order valence-electron chi connectivity index (χ1n) is 9.11. The summed E-state index contributed by atoms with van der Waals surface area (Å²) in [4.78, 5) is 27.0. The van der Waals surface area contributed by atoms with Gasteiger partial charge in [0.1, 0.15) is 5.00 Å². The van der Waals surface area contributed by atoms with Crippen LogP contribution in [0.25, 0.3) is 0 Å². The van der Waals surface area contributed by atoms with Gasteiger partial charge in [-0.1, -0.05) is 11.6 Å². The molecule has 32 heavy (non-hydrogen) atoms. The maximum atomic E-state index is 14.4. The number of hydrogen-bond acceptors (Lipinski definition) is 4. The molecule has 2 aromatic rings. The summed E-state index contributed by atoms with van der Waals surface area (Å²) >= 11 is 6.42. The summed E-state index contributed by atoms with van der Waals surface area (Å²) in [6.45, 7) is -0.00269. The number of carbonyl (C=O) groups is 2. The summed E-state index contributed by atoms with van der Waals surface area (Å²) in [7, 11) is 0. The number of benzene rings is 1. The minimum absolute atomic E-state index is 0.0623. The average molecular weight is 499 g/mol. The molecule has 172 valence electrons. The van der Waals surface area contributed by atoms with Crippen LogP contribution in [-0.4, -0.2) is 35.7 Å². The largest absolute Gasteiger partial charge is 0.417 e. The van der Waals surface area contributed by atoms with Gasteiger partial charge in [0.2, 0.25) is 0 Å². The number of likely N-dealkylation sites (tertiary alicyclic amines) is 1. The molecule has 2 aliphatic heterocycles. The molecule has 2 aliphatic rings. The Morgan fingerprint density at radius 2 is 1.91 bits per heavy atom. The molecule has 0 bridgehead atoms. The minimum Gasteiger partial charge on any atom is -0.368 e. The van der Waals surface area contributed by atoms with Gasteiger partial charge in [0.05, 0.1) is 47.5 Å². The number of alkyl halides is 5. The van der Waals surface area contributed by atoms with Gasteiger partial charge in [-0.2, -0.15) is 13.2 Å². The highest BCUT2D eigenvalue weighted by atomic mass is 35.5.